The van der Waals surface area contributed by atoms with Crippen LogP contribution in [0.25, 0.3) is 0 Å². The van der Waals surface area contributed by atoms with Gasteiger partial charge >= 0.3 is 6.09 Å². The number of carbonyl (C=O) groups is 3. The zero-order valence-corrected chi connectivity index (χ0v) is 8.44. The molecule has 5 heteroatoms. The maximum Gasteiger partial charge on any atom is 0.411 e. The molecule has 14 heavy (non-hydrogen) atoms. The number of rotatable bonds is 1. The van der Waals surface area contributed by atoms with Gasteiger partial charge < -0.3 is 9.53 Å². The normalized spacial score (nSPS) is 21.5. The van der Waals surface area contributed by atoms with Crippen LogP contribution in [0, 0.1) is 0 Å². The highest BCUT2D eigenvalue weighted by Crippen LogP contribution is 2.17. The van der Waals surface area contributed by atoms with E-state index in [1.54, 1.807) is 20.8 Å². The zero-order valence-electron chi connectivity index (χ0n) is 8.44. The number of amides is 1. The van der Waals surface area contributed by atoms with Gasteiger partial charge in [0.2, 0.25) is 0 Å². The third kappa shape index (κ3) is 2.10. The first kappa shape index (κ1) is 10.7. The van der Waals surface area contributed by atoms with Gasteiger partial charge in [0.1, 0.15) is 11.9 Å². The van der Waals surface area contributed by atoms with E-state index >= 15 is 0 Å². The van der Waals surface area contributed by atoms with Crippen LogP contribution in [-0.4, -0.2) is 41.3 Å². The second-order valence-electron chi connectivity index (χ2n) is 4.16. The van der Waals surface area contributed by atoms with Crippen molar-refractivity contribution >= 4 is 18.2 Å². The van der Waals surface area contributed by atoms with Crippen LogP contribution < -0.4 is 0 Å². The lowest BCUT2D eigenvalue weighted by atomic mass is 10.0. The average Bonchev–Trinajstić information content (AvgIpc) is 1.97. The maximum atomic E-state index is 11.3. The van der Waals surface area contributed by atoms with Crippen LogP contribution >= 0.6 is 0 Å². The zero-order chi connectivity index (χ0) is 10.9. The van der Waals surface area contributed by atoms with Gasteiger partial charge in [0.25, 0.3) is 0 Å². The van der Waals surface area contributed by atoms with Crippen LogP contribution in [0.1, 0.15) is 20.8 Å². The van der Waals surface area contributed by atoms with Gasteiger partial charge in [0, 0.05) is 0 Å². The minimum absolute atomic E-state index is 0.0294. The first-order chi connectivity index (χ1) is 6.35. The fraction of sp³-hybridized carbons (Fsp3) is 0.667. The van der Waals surface area contributed by atoms with E-state index < -0.39 is 17.7 Å². The van der Waals surface area contributed by atoms with Gasteiger partial charge in [-0.25, -0.2) is 4.79 Å². The molecule has 0 aromatic rings. The molecule has 1 atom stereocenters. The highest BCUT2D eigenvalue weighted by Gasteiger charge is 2.42. The Hall–Kier alpha value is -1.39. The molecule has 1 aliphatic rings. The molecule has 0 radical (unpaired) electrons. The highest BCUT2D eigenvalue weighted by atomic mass is 16.6. The number of hydrogen-bond donors (Lipinski definition) is 0. The molecule has 0 N–H and O–H groups in total. The van der Waals surface area contributed by atoms with Crippen LogP contribution in [0.4, 0.5) is 4.79 Å². The summed E-state index contributed by atoms with van der Waals surface area (Å²) in [4.78, 5) is 33.7. The topological polar surface area (TPSA) is 63.7 Å². The molecule has 1 saturated heterocycles. The van der Waals surface area contributed by atoms with E-state index in [1.165, 1.54) is 0 Å². The second kappa shape index (κ2) is 3.40. The van der Waals surface area contributed by atoms with Crippen LogP contribution in [0.5, 0.6) is 0 Å². The molecule has 1 amide bonds. The molecule has 0 aromatic heterocycles. The summed E-state index contributed by atoms with van der Waals surface area (Å²) in [5, 5.41) is 0. The Kier molecular flexibility index (Phi) is 2.59. The molecule has 1 fully saturated rings. The lowest BCUT2D eigenvalue weighted by Crippen LogP contribution is -2.61. The first-order valence-electron chi connectivity index (χ1n) is 4.33. The number of Topliss-reactive ketones (excluding diaryl/α,β-unsaturated/α-hetero) is 1. The molecule has 0 spiro atoms. The Labute approximate surface area is 82.0 Å². The average molecular weight is 199 g/mol. The summed E-state index contributed by atoms with van der Waals surface area (Å²) in [6.45, 7) is 5.14. The minimum atomic E-state index is -0.940. The molecule has 78 valence electrons. The van der Waals surface area contributed by atoms with Crippen LogP contribution in [0.15, 0.2) is 0 Å². The van der Waals surface area contributed by atoms with E-state index in [9.17, 15) is 14.4 Å². The number of aldehydes is 1. The maximum absolute atomic E-state index is 11.3. The van der Waals surface area contributed by atoms with Crippen molar-refractivity contribution in [2.45, 2.75) is 32.4 Å². The smallest absolute Gasteiger partial charge is 0.411 e. The number of nitrogens with zero attached hydrogens (tertiary/aromatic N) is 1. The predicted octanol–water partition coefficient (Wildman–Crippen LogP) is 0.374. The third-order valence-corrected chi connectivity index (χ3v) is 1.75. The van der Waals surface area contributed by atoms with Gasteiger partial charge in [0.15, 0.2) is 11.8 Å². The third-order valence-electron chi connectivity index (χ3n) is 1.75. The number of likely N-dealkylation sites (tertiary alicyclic amines) is 1. The van der Waals surface area contributed by atoms with Crippen molar-refractivity contribution in [1.82, 2.24) is 4.90 Å². The van der Waals surface area contributed by atoms with Gasteiger partial charge in [-0.2, -0.15) is 0 Å². The van der Waals surface area contributed by atoms with Crippen molar-refractivity contribution in [1.29, 1.82) is 0 Å². The van der Waals surface area contributed by atoms with Gasteiger partial charge in [-0.3, -0.25) is 9.69 Å². The molecular formula is C9H13NO4. The number of hydrogen-bond acceptors (Lipinski definition) is 4. The van der Waals surface area contributed by atoms with Gasteiger partial charge in [0.05, 0.1) is 6.54 Å². The summed E-state index contributed by atoms with van der Waals surface area (Å²) >= 11 is 0. The summed E-state index contributed by atoms with van der Waals surface area (Å²) in [6.07, 6.45) is -0.162. The molecule has 1 aliphatic heterocycles. The Morgan fingerprint density at radius 1 is 1.57 bits per heavy atom. The minimum Gasteiger partial charge on any atom is -0.444 e. The Balaban J connectivity index is 2.55. The summed E-state index contributed by atoms with van der Waals surface area (Å²) in [6, 6.07) is -0.940. The summed E-state index contributed by atoms with van der Waals surface area (Å²) < 4.78 is 5.00. The first-order valence-corrected chi connectivity index (χ1v) is 4.33. The molecule has 0 aliphatic carbocycles. The van der Waals surface area contributed by atoms with Crippen molar-refractivity contribution in [3.8, 4) is 0 Å². The van der Waals surface area contributed by atoms with E-state index in [0.29, 0.717) is 6.29 Å². The van der Waals surface area contributed by atoms with Crippen LogP contribution in [-0.2, 0) is 14.3 Å². The fourth-order valence-corrected chi connectivity index (χ4v) is 1.07. The summed E-state index contributed by atoms with van der Waals surface area (Å²) in [7, 11) is 0. The Morgan fingerprint density at radius 3 is 2.50 bits per heavy atom. The number of carbonyl (C=O) groups excluding carboxylic acids is 3. The number of ketones is 1. The second-order valence-corrected chi connectivity index (χ2v) is 4.16. The molecule has 0 aromatic carbocycles. The molecule has 1 rings (SSSR count). The van der Waals surface area contributed by atoms with E-state index in [0.717, 1.165) is 4.90 Å². The monoisotopic (exact) mass is 199 g/mol. The van der Waals surface area contributed by atoms with Crippen molar-refractivity contribution in [3.63, 3.8) is 0 Å². The van der Waals surface area contributed by atoms with Crippen molar-refractivity contribution < 1.29 is 19.1 Å². The van der Waals surface area contributed by atoms with Gasteiger partial charge in [-0.05, 0) is 20.8 Å². The molecule has 1 heterocycles. The van der Waals surface area contributed by atoms with E-state index in [1.807, 2.05) is 0 Å². The predicted molar refractivity (Wildman–Crippen MR) is 47.8 cm³/mol. The molecule has 0 unspecified atom stereocenters. The van der Waals surface area contributed by atoms with Crippen molar-refractivity contribution in [2.24, 2.45) is 0 Å². The van der Waals surface area contributed by atoms with Crippen molar-refractivity contribution in [2.75, 3.05) is 6.54 Å². The quantitative estimate of drug-likeness (QED) is 0.452. The SMILES string of the molecule is CC(C)(C)OC(=O)N1CC(=O)[C@H]1C=O. The molecule has 0 bridgehead atoms. The largest absolute Gasteiger partial charge is 0.444 e. The molecule has 5 nitrogen and oxygen atoms in total. The molecule has 0 saturated carbocycles. The lowest BCUT2D eigenvalue weighted by molar-refractivity contribution is -0.139. The van der Waals surface area contributed by atoms with E-state index in [2.05, 4.69) is 0 Å². The van der Waals surface area contributed by atoms with Gasteiger partial charge in [-0.1, -0.05) is 0 Å². The Morgan fingerprint density at radius 2 is 2.14 bits per heavy atom. The summed E-state index contributed by atoms with van der Waals surface area (Å²) in [5.41, 5.74) is -0.608. The Bertz CT molecular complexity index is 279. The highest BCUT2D eigenvalue weighted by molar-refractivity contribution is 6.07. The van der Waals surface area contributed by atoms with Crippen LogP contribution in [0.3, 0.4) is 0 Å². The van der Waals surface area contributed by atoms with E-state index in [4.69, 9.17) is 4.74 Å². The van der Waals surface area contributed by atoms with Crippen LogP contribution in [0.2, 0.25) is 0 Å². The van der Waals surface area contributed by atoms with Crippen molar-refractivity contribution in [3.05, 3.63) is 0 Å². The lowest BCUT2D eigenvalue weighted by Gasteiger charge is -2.36. The van der Waals surface area contributed by atoms with E-state index in [-0.39, 0.29) is 12.3 Å². The standard InChI is InChI=1S/C9H13NO4/c1-9(2,3)14-8(13)10-4-7(12)6(10)5-11/h5-6H,4H2,1-3H3/t6-/m1/s1. The van der Waals surface area contributed by atoms with Gasteiger partial charge in [-0.15, -0.1) is 0 Å². The molecular weight excluding hydrogens is 186 g/mol. The summed E-state index contributed by atoms with van der Waals surface area (Å²) in [5.74, 6) is -0.245. The fourth-order valence-electron chi connectivity index (χ4n) is 1.07. The number of ether oxygens (including phenoxy) is 1.